The number of nitrogens with zero attached hydrogens (tertiary/aromatic N) is 4. The first-order valence-corrected chi connectivity index (χ1v) is 7.55. The molecule has 2 rings (SSSR count). The van der Waals surface area contributed by atoms with Crippen molar-refractivity contribution in [1.82, 2.24) is 19.9 Å². The Labute approximate surface area is 144 Å². The lowest BCUT2D eigenvalue weighted by Crippen LogP contribution is -2.32. The zero-order valence-electron chi connectivity index (χ0n) is 14.3. The van der Waals surface area contributed by atoms with Crippen LogP contribution >= 0.6 is 0 Å². The number of carboxylic acid groups (broad SMARTS) is 1. The summed E-state index contributed by atoms with van der Waals surface area (Å²) < 4.78 is 10.4. The molecule has 9 nitrogen and oxygen atoms in total. The van der Waals surface area contributed by atoms with Gasteiger partial charge in [0.2, 0.25) is 0 Å². The van der Waals surface area contributed by atoms with E-state index in [4.69, 9.17) is 14.6 Å². The van der Waals surface area contributed by atoms with Crippen LogP contribution in [0.5, 0.6) is 5.75 Å². The number of hydrogen-bond acceptors (Lipinski definition) is 6. The van der Waals surface area contributed by atoms with Crippen molar-refractivity contribution in [3.05, 3.63) is 35.7 Å². The molecule has 1 amide bonds. The molecule has 1 heterocycles. The van der Waals surface area contributed by atoms with Crippen LogP contribution in [0.3, 0.4) is 0 Å². The molecule has 134 valence electrons. The van der Waals surface area contributed by atoms with Gasteiger partial charge < -0.3 is 19.5 Å². The maximum Gasteiger partial charge on any atom is 0.323 e. The molecular formula is C16H20N4O5. The second kappa shape index (κ2) is 8.25. The fraction of sp³-hybridized carbons (Fsp3) is 0.375. The van der Waals surface area contributed by atoms with Gasteiger partial charge in [0.15, 0.2) is 5.69 Å². The van der Waals surface area contributed by atoms with Crippen molar-refractivity contribution in [1.29, 1.82) is 0 Å². The monoisotopic (exact) mass is 348 g/mol. The predicted octanol–water partition coefficient (Wildman–Crippen LogP) is 0.758. The number of ether oxygens (including phenoxy) is 2. The molecular weight excluding hydrogens is 328 g/mol. The van der Waals surface area contributed by atoms with Crippen LogP contribution in [-0.2, 0) is 9.53 Å². The van der Waals surface area contributed by atoms with E-state index in [9.17, 15) is 9.59 Å². The predicted molar refractivity (Wildman–Crippen MR) is 88.1 cm³/mol. The Balaban J connectivity index is 2.13. The Morgan fingerprint density at radius 1 is 1.20 bits per heavy atom. The third kappa shape index (κ3) is 4.77. The van der Waals surface area contributed by atoms with Crippen LogP contribution in [0.25, 0.3) is 5.69 Å². The zero-order valence-corrected chi connectivity index (χ0v) is 14.3. The van der Waals surface area contributed by atoms with Crippen molar-refractivity contribution in [3.8, 4) is 11.4 Å². The summed E-state index contributed by atoms with van der Waals surface area (Å²) in [4.78, 5) is 25.4. The summed E-state index contributed by atoms with van der Waals surface area (Å²) in [5.41, 5.74) is 1.19. The van der Waals surface area contributed by atoms with Crippen molar-refractivity contribution in [2.45, 2.75) is 6.92 Å². The number of hydrogen-bond donors (Lipinski definition) is 1. The molecule has 0 fully saturated rings. The SMILES string of the molecule is COCCOc1ccc(-n2nc(C)c(C(=O)N(C)CC(=O)O)n2)cc1. The third-order valence-corrected chi connectivity index (χ3v) is 3.33. The standard InChI is InChI=1S/C16H20N4O5/c1-11-15(16(23)19(2)10-14(21)22)18-20(17-11)12-4-6-13(7-5-12)25-9-8-24-3/h4-7H,8-10H2,1-3H3,(H,21,22). The average Bonchev–Trinajstić information content (AvgIpc) is 2.96. The highest BCUT2D eigenvalue weighted by atomic mass is 16.5. The van der Waals surface area contributed by atoms with E-state index in [-0.39, 0.29) is 5.69 Å². The fourth-order valence-electron chi connectivity index (χ4n) is 2.07. The minimum absolute atomic E-state index is 0.115. The highest BCUT2D eigenvalue weighted by Crippen LogP contribution is 2.15. The van der Waals surface area contributed by atoms with Gasteiger partial charge in [-0.2, -0.15) is 9.90 Å². The molecule has 0 saturated heterocycles. The Bertz CT molecular complexity index is 741. The van der Waals surface area contributed by atoms with Crippen molar-refractivity contribution < 1.29 is 24.2 Å². The lowest BCUT2D eigenvalue weighted by Gasteiger charge is -2.12. The topological polar surface area (TPSA) is 107 Å². The summed E-state index contributed by atoms with van der Waals surface area (Å²) in [5.74, 6) is -0.905. The van der Waals surface area contributed by atoms with E-state index in [1.54, 1.807) is 38.3 Å². The van der Waals surface area contributed by atoms with E-state index in [0.29, 0.717) is 30.3 Å². The van der Waals surface area contributed by atoms with Gasteiger partial charge in [-0.25, -0.2) is 0 Å². The van der Waals surface area contributed by atoms with Crippen LogP contribution in [0.2, 0.25) is 0 Å². The summed E-state index contributed by atoms with van der Waals surface area (Å²) in [6.07, 6.45) is 0. The van der Waals surface area contributed by atoms with E-state index < -0.39 is 18.4 Å². The van der Waals surface area contributed by atoms with Crippen molar-refractivity contribution in [2.75, 3.05) is 33.9 Å². The number of carbonyl (C=O) groups is 2. The van der Waals surface area contributed by atoms with Crippen LogP contribution < -0.4 is 4.74 Å². The van der Waals surface area contributed by atoms with Gasteiger partial charge in [-0.1, -0.05) is 0 Å². The molecule has 0 spiro atoms. The van der Waals surface area contributed by atoms with Gasteiger partial charge in [-0.15, -0.1) is 5.10 Å². The maximum absolute atomic E-state index is 12.3. The van der Waals surface area contributed by atoms with Crippen LogP contribution in [0.15, 0.2) is 24.3 Å². The van der Waals surface area contributed by atoms with Gasteiger partial charge in [0.25, 0.3) is 5.91 Å². The number of carboxylic acids is 1. The number of aryl methyl sites for hydroxylation is 1. The molecule has 9 heteroatoms. The van der Waals surface area contributed by atoms with E-state index in [1.165, 1.54) is 11.8 Å². The van der Waals surface area contributed by atoms with Gasteiger partial charge in [0.1, 0.15) is 18.9 Å². The summed E-state index contributed by atoms with van der Waals surface area (Å²) in [7, 11) is 3.01. The van der Waals surface area contributed by atoms with E-state index in [2.05, 4.69) is 10.2 Å². The first kappa shape index (κ1) is 18.4. The smallest absolute Gasteiger partial charge is 0.323 e. The Kier molecular flexibility index (Phi) is 6.07. The van der Waals surface area contributed by atoms with E-state index in [1.807, 2.05) is 0 Å². The first-order chi connectivity index (χ1) is 11.9. The Morgan fingerprint density at radius 3 is 2.48 bits per heavy atom. The molecule has 0 aliphatic rings. The number of carbonyl (C=O) groups excluding carboxylic acids is 1. The molecule has 0 saturated carbocycles. The van der Waals surface area contributed by atoms with Crippen LogP contribution in [0, 0.1) is 6.92 Å². The summed E-state index contributed by atoms with van der Waals surface area (Å²) >= 11 is 0. The number of amides is 1. The number of aliphatic carboxylic acids is 1. The molecule has 0 aliphatic carbocycles. The minimum Gasteiger partial charge on any atom is -0.491 e. The van der Waals surface area contributed by atoms with Crippen molar-refractivity contribution in [3.63, 3.8) is 0 Å². The van der Waals surface area contributed by atoms with Crippen molar-refractivity contribution >= 4 is 11.9 Å². The fourth-order valence-corrected chi connectivity index (χ4v) is 2.07. The van der Waals surface area contributed by atoms with Crippen LogP contribution in [0.1, 0.15) is 16.2 Å². The zero-order chi connectivity index (χ0) is 18.4. The normalized spacial score (nSPS) is 10.5. The molecule has 0 radical (unpaired) electrons. The average molecular weight is 348 g/mol. The van der Waals surface area contributed by atoms with E-state index >= 15 is 0 Å². The lowest BCUT2D eigenvalue weighted by molar-refractivity contribution is -0.137. The molecule has 0 unspecified atom stereocenters. The number of rotatable bonds is 8. The number of likely N-dealkylation sites (N-methyl/N-ethyl adjacent to an activating group) is 1. The molecule has 0 aliphatic heterocycles. The molecule has 0 bridgehead atoms. The first-order valence-electron chi connectivity index (χ1n) is 7.55. The Hall–Kier alpha value is -2.94. The van der Waals surface area contributed by atoms with Gasteiger partial charge in [-0.05, 0) is 31.2 Å². The second-order valence-electron chi connectivity index (χ2n) is 5.31. The minimum atomic E-state index is -1.09. The largest absolute Gasteiger partial charge is 0.491 e. The van der Waals surface area contributed by atoms with Crippen LogP contribution in [0.4, 0.5) is 0 Å². The molecule has 1 N–H and O–H groups in total. The van der Waals surface area contributed by atoms with Crippen molar-refractivity contribution in [2.24, 2.45) is 0 Å². The van der Waals surface area contributed by atoms with Gasteiger partial charge >= 0.3 is 5.97 Å². The highest BCUT2D eigenvalue weighted by Gasteiger charge is 2.21. The number of benzene rings is 1. The summed E-state index contributed by atoms with van der Waals surface area (Å²) in [6, 6.07) is 7.05. The Morgan fingerprint density at radius 2 is 1.88 bits per heavy atom. The molecule has 1 aromatic carbocycles. The van der Waals surface area contributed by atoms with E-state index in [0.717, 1.165) is 4.90 Å². The number of methoxy groups -OCH3 is 1. The summed E-state index contributed by atoms with van der Waals surface area (Å²) in [5, 5.41) is 17.2. The molecule has 0 atom stereocenters. The third-order valence-electron chi connectivity index (χ3n) is 3.33. The van der Waals surface area contributed by atoms with Gasteiger partial charge in [-0.3, -0.25) is 9.59 Å². The highest BCUT2D eigenvalue weighted by molar-refractivity contribution is 5.94. The summed E-state index contributed by atoms with van der Waals surface area (Å²) in [6.45, 7) is 2.19. The quantitative estimate of drug-likeness (QED) is 0.702. The lowest BCUT2D eigenvalue weighted by atomic mass is 10.3. The molecule has 1 aromatic heterocycles. The van der Waals surface area contributed by atoms with Gasteiger partial charge in [0.05, 0.1) is 18.0 Å². The maximum atomic E-state index is 12.3. The molecule has 25 heavy (non-hydrogen) atoms. The second-order valence-corrected chi connectivity index (χ2v) is 5.31. The van der Waals surface area contributed by atoms with Gasteiger partial charge in [0, 0.05) is 14.2 Å². The molecule has 2 aromatic rings. The number of aromatic nitrogens is 3. The van der Waals surface area contributed by atoms with Crippen LogP contribution in [-0.4, -0.2) is 70.8 Å².